The van der Waals surface area contributed by atoms with E-state index in [0.29, 0.717) is 15.6 Å². The zero-order valence-electron chi connectivity index (χ0n) is 17.1. The Kier molecular flexibility index (Phi) is 8.21. The molecule has 3 aromatic rings. The zero-order chi connectivity index (χ0) is 24.0. The first-order valence-corrected chi connectivity index (χ1v) is 11.0. The number of esters is 1. The predicted octanol–water partition coefficient (Wildman–Crippen LogP) is 5.37. The Morgan fingerprint density at radius 1 is 1.00 bits per heavy atom. The minimum Gasteiger partial charge on any atom is -0.422 e. The van der Waals surface area contributed by atoms with Crippen molar-refractivity contribution < 1.29 is 19.1 Å². The maximum absolute atomic E-state index is 12.5. The summed E-state index contributed by atoms with van der Waals surface area (Å²) in [6.45, 7) is 1.80. The van der Waals surface area contributed by atoms with Crippen molar-refractivity contribution in [3.05, 3.63) is 91.9 Å². The number of hydrogen-bond donors (Lipinski definition) is 2. The van der Waals surface area contributed by atoms with Crippen LogP contribution in [-0.4, -0.2) is 24.0 Å². The van der Waals surface area contributed by atoms with E-state index in [1.807, 2.05) is 6.07 Å². The molecule has 168 valence electrons. The number of carbonyl (C=O) groups excluding carboxylic acids is 3. The Balaban J connectivity index is 1.69. The van der Waals surface area contributed by atoms with Crippen molar-refractivity contribution in [1.29, 1.82) is 0 Å². The second-order valence-corrected chi connectivity index (χ2v) is 8.34. The van der Waals surface area contributed by atoms with E-state index < -0.39 is 17.8 Å². The van der Waals surface area contributed by atoms with E-state index in [1.54, 1.807) is 55.5 Å². The van der Waals surface area contributed by atoms with Gasteiger partial charge in [0.1, 0.15) is 5.75 Å². The maximum atomic E-state index is 12.5. The van der Waals surface area contributed by atoms with E-state index in [1.165, 1.54) is 12.3 Å². The summed E-state index contributed by atoms with van der Waals surface area (Å²) in [7, 11) is 0. The Morgan fingerprint density at radius 2 is 1.76 bits per heavy atom. The van der Waals surface area contributed by atoms with Gasteiger partial charge in [-0.2, -0.15) is 5.10 Å². The highest BCUT2D eigenvalue weighted by Crippen LogP contribution is 2.29. The number of benzene rings is 3. The molecule has 3 rings (SSSR count). The van der Waals surface area contributed by atoms with Crippen molar-refractivity contribution in [2.24, 2.45) is 5.10 Å². The summed E-state index contributed by atoms with van der Waals surface area (Å²) in [5.74, 6) is -2.33. The van der Waals surface area contributed by atoms with E-state index in [-0.39, 0.29) is 21.5 Å². The van der Waals surface area contributed by atoms with Crippen LogP contribution in [0, 0.1) is 6.92 Å². The molecule has 10 heteroatoms. The molecular formula is C23H16BrCl2N3O4. The van der Waals surface area contributed by atoms with E-state index in [2.05, 4.69) is 31.8 Å². The van der Waals surface area contributed by atoms with Crippen molar-refractivity contribution in [1.82, 2.24) is 5.43 Å². The Morgan fingerprint density at radius 3 is 2.52 bits per heavy atom. The van der Waals surface area contributed by atoms with E-state index in [4.69, 9.17) is 27.9 Å². The van der Waals surface area contributed by atoms with Gasteiger partial charge in [-0.1, -0.05) is 63.4 Å². The average Bonchev–Trinajstić information content (AvgIpc) is 2.78. The van der Waals surface area contributed by atoms with Gasteiger partial charge >= 0.3 is 17.8 Å². The summed E-state index contributed by atoms with van der Waals surface area (Å²) >= 11 is 15.2. The van der Waals surface area contributed by atoms with Crippen LogP contribution in [0.1, 0.15) is 21.5 Å². The Hall–Kier alpha value is -3.20. The second kappa shape index (κ2) is 11.1. The summed E-state index contributed by atoms with van der Waals surface area (Å²) in [5.41, 5.74) is 3.89. The van der Waals surface area contributed by atoms with Gasteiger partial charge in [-0.25, -0.2) is 10.2 Å². The van der Waals surface area contributed by atoms with Crippen molar-refractivity contribution in [3.8, 4) is 5.75 Å². The van der Waals surface area contributed by atoms with Gasteiger partial charge in [-0.05, 0) is 48.9 Å². The molecule has 2 N–H and O–H groups in total. The minimum atomic E-state index is -1.03. The highest BCUT2D eigenvalue weighted by Gasteiger charge is 2.16. The summed E-state index contributed by atoms with van der Waals surface area (Å²) < 4.78 is 6.20. The van der Waals surface area contributed by atoms with E-state index in [9.17, 15) is 14.4 Å². The smallest absolute Gasteiger partial charge is 0.343 e. The van der Waals surface area contributed by atoms with Gasteiger partial charge in [0.2, 0.25) is 0 Å². The number of nitrogens with zero attached hydrogens (tertiary/aromatic N) is 1. The topological polar surface area (TPSA) is 96.9 Å². The predicted molar refractivity (Wildman–Crippen MR) is 131 cm³/mol. The lowest BCUT2D eigenvalue weighted by Crippen LogP contribution is -2.32. The van der Waals surface area contributed by atoms with Crippen LogP contribution in [0.5, 0.6) is 5.75 Å². The summed E-state index contributed by atoms with van der Waals surface area (Å²) in [6, 6.07) is 16.6. The molecule has 0 saturated carbocycles. The molecular weight excluding hydrogens is 533 g/mol. The largest absolute Gasteiger partial charge is 0.422 e. The molecule has 3 aromatic carbocycles. The number of aryl methyl sites for hydroxylation is 1. The first-order valence-electron chi connectivity index (χ1n) is 9.42. The molecule has 7 nitrogen and oxygen atoms in total. The van der Waals surface area contributed by atoms with E-state index in [0.717, 1.165) is 5.56 Å². The Labute approximate surface area is 207 Å². The molecule has 0 saturated heterocycles. The first-order chi connectivity index (χ1) is 15.8. The zero-order valence-corrected chi connectivity index (χ0v) is 20.2. The highest BCUT2D eigenvalue weighted by molar-refractivity contribution is 9.10. The molecule has 0 aromatic heterocycles. The maximum Gasteiger partial charge on any atom is 0.343 e. The molecule has 0 atom stereocenters. The number of carbonyl (C=O) groups is 3. The van der Waals surface area contributed by atoms with Crippen LogP contribution >= 0.6 is 39.1 Å². The van der Waals surface area contributed by atoms with Gasteiger partial charge in [0.25, 0.3) is 0 Å². The molecule has 0 unspecified atom stereocenters. The third-order valence-electron chi connectivity index (χ3n) is 4.32. The van der Waals surface area contributed by atoms with Gasteiger partial charge in [0.15, 0.2) is 0 Å². The molecule has 0 aliphatic heterocycles. The Bertz CT molecular complexity index is 1260. The van der Waals surface area contributed by atoms with Crippen LogP contribution < -0.4 is 15.5 Å². The summed E-state index contributed by atoms with van der Waals surface area (Å²) in [5, 5.41) is 6.48. The normalized spacial score (nSPS) is 10.7. The number of anilines is 1. The fourth-order valence-corrected chi connectivity index (χ4v) is 3.39. The van der Waals surface area contributed by atoms with Crippen molar-refractivity contribution in [2.75, 3.05) is 5.32 Å². The van der Waals surface area contributed by atoms with Crippen LogP contribution in [0.15, 0.2) is 70.2 Å². The highest BCUT2D eigenvalue weighted by atomic mass is 79.9. The number of hydrogen-bond acceptors (Lipinski definition) is 5. The van der Waals surface area contributed by atoms with Crippen LogP contribution in [0.2, 0.25) is 10.0 Å². The van der Waals surface area contributed by atoms with Gasteiger partial charge in [-0.3, -0.25) is 9.59 Å². The third kappa shape index (κ3) is 6.41. The molecule has 0 aliphatic rings. The van der Waals surface area contributed by atoms with Crippen LogP contribution in [0.25, 0.3) is 0 Å². The van der Waals surface area contributed by atoms with Gasteiger partial charge in [0.05, 0.1) is 27.5 Å². The number of rotatable bonds is 5. The van der Waals surface area contributed by atoms with E-state index >= 15 is 0 Å². The monoisotopic (exact) mass is 547 g/mol. The second-order valence-electron chi connectivity index (χ2n) is 6.64. The van der Waals surface area contributed by atoms with Gasteiger partial charge in [-0.15, -0.1) is 0 Å². The molecule has 0 bridgehead atoms. The number of nitrogens with one attached hydrogen (secondary N) is 2. The third-order valence-corrected chi connectivity index (χ3v) is 5.63. The van der Waals surface area contributed by atoms with Crippen LogP contribution in [-0.2, 0) is 9.59 Å². The molecule has 33 heavy (non-hydrogen) atoms. The SMILES string of the molecule is Cc1ccccc1C(=O)Oc1ccc(Br)cc1/C=N/NC(=O)C(=O)Nc1cccc(Cl)c1Cl. The number of ether oxygens (including phenoxy) is 1. The fourth-order valence-electron chi connectivity index (χ4n) is 2.66. The average molecular weight is 549 g/mol. The van der Waals surface area contributed by atoms with Crippen LogP contribution in [0.3, 0.4) is 0 Å². The van der Waals surface area contributed by atoms with Gasteiger partial charge < -0.3 is 10.1 Å². The van der Waals surface area contributed by atoms with Crippen molar-refractivity contribution in [2.45, 2.75) is 6.92 Å². The van der Waals surface area contributed by atoms with Crippen LogP contribution in [0.4, 0.5) is 5.69 Å². The molecule has 0 spiro atoms. The molecule has 0 radical (unpaired) electrons. The lowest BCUT2D eigenvalue weighted by molar-refractivity contribution is -0.136. The van der Waals surface area contributed by atoms with Gasteiger partial charge in [0, 0.05) is 10.0 Å². The van der Waals surface area contributed by atoms with Crippen molar-refractivity contribution >= 4 is 68.8 Å². The molecule has 2 amide bonds. The molecule has 0 fully saturated rings. The minimum absolute atomic E-state index is 0.109. The standard InChI is InChI=1S/C23H16BrCl2N3O4/c1-13-5-2-3-6-16(13)23(32)33-19-10-9-15(24)11-14(19)12-27-29-22(31)21(30)28-18-8-4-7-17(25)20(18)26/h2-12H,1H3,(H,28,30)(H,29,31)/b27-12+. The lowest BCUT2D eigenvalue weighted by atomic mass is 10.1. The molecule has 0 aliphatic carbocycles. The lowest BCUT2D eigenvalue weighted by Gasteiger charge is -2.09. The van der Waals surface area contributed by atoms with Crippen molar-refractivity contribution in [3.63, 3.8) is 0 Å². The fraction of sp³-hybridized carbons (Fsp3) is 0.0435. The number of amides is 2. The first kappa shape index (κ1) is 24.4. The molecule has 0 heterocycles. The number of hydrazone groups is 1. The quantitative estimate of drug-likeness (QED) is 0.147. The summed E-state index contributed by atoms with van der Waals surface area (Å²) in [6.07, 6.45) is 1.25. The summed E-state index contributed by atoms with van der Waals surface area (Å²) in [4.78, 5) is 36.7. The number of halogens is 3.